The molecule has 0 spiro atoms. The molecule has 1 N–H and O–H groups in total. The van der Waals surface area contributed by atoms with Crippen LogP contribution in [0.1, 0.15) is 17.0 Å². The first-order valence-corrected chi connectivity index (χ1v) is 9.06. The zero-order chi connectivity index (χ0) is 20.4. The molecular weight excluding hydrogens is 373 g/mol. The van der Waals surface area contributed by atoms with Crippen LogP contribution < -0.4 is 11.1 Å². The summed E-state index contributed by atoms with van der Waals surface area (Å²) in [5, 5.41) is 2.89. The minimum absolute atomic E-state index is 0.242. The molecule has 1 atom stereocenters. The summed E-state index contributed by atoms with van der Waals surface area (Å²) in [6.07, 6.45) is 3.79. The first kappa shape index (κ1) is 18.6. The van der Waals surface area contributed by atoms with E-state index in [1.54, 1.807) is 49.8 Å². The molecule has 0 saturated carbocycles. The van der Waals surface area contributed by atoms with Crippen molar-refractivity contribution in [3.63, 3.8) is 0 Å². The molecule has 4 rings (SSSR count). The topological polar surface area (TPSA) is 77.1 Å². The zero-order valence-electron chi connectivity index (χ0n) is 15.6. The number of pyridine rings is 1. The Morgan fingerprint density at radius 1 is 1.21 bits per heavy atom. The number of aryl methyl sites for hydroxylation is 1. The molecule has 2 aromatic carbocycles. The molecule has 2 heterocycles. The Kier molecular flexibility index (Phi) is 4.95. The average molecular weight is 391 g/mol. The Labute approximate surface area is 165 Å². The summed E-state index contributed by atoms with van der Waals surface area (Å²) in [7, 11) is 1.60. The predicted molar refractivity (Wildman–Crippen MR) is 107 cm³/mol. The van der Waals surface area contributed by atoms with Crippen molar-refractivity contribution in [2.45, 2.75) is 12.3 Å². The van der Waals surface area contributed by atoms with Gasteiger partial charge in [-0.25, -0.2) is 9.18 Å². The van der Waals surface area contributed by atoms with E-state index in [4.69, 9.17) is 4.42 Å². The van der Waals surface area contributed by atoms with Gasteiger partial charge in [0, 0.05) is 25.1 Å². The monoisotopic (exact) mass is 391 g/mol. The fourth-order valence-electron chi connectivity index (χ4n) is 3.25. The highest BCUT2D eigenvalue weighted by molar-refractivity contribution is 5.97. The maximum atomic E-state index is 13.4. The van der Waals surface area contributed by atoms with E-state index in [1.807, 2.05) is 12.1 Å². The molecule has 146 valence electrons. The summed E-state index contributed by atoms with van der Waals surface area (Å²) in [4.78, 5) is 28.9. The molecule has 0 fully saturated rings. The van der Waals surface area contributed by atoms with E-state index >= 15 is 0 Å². The summed E-state index contributed by atoms with van der Waals surface area (Å²) in [6, 6.07) is 14.6. The second-order valence-corrected chi connectivity index (χ2v) is 6.77. The van der Waals surface area contributed by atoms with Crippen LogP contribution in [-0.2, 0) is 18.3 Å². The molecule has 0 bridgehead atoms. The minimum atomic E-state index is -0.538. The quantitative estimate of drug-likeness (QED) is 0.564. The number of aromatic nitrogens is 2. The summed E-state index contributed by atoms with van der Waals surface area (Å²) in [5.74, 6) is -1.61. The molecule has 0 saturated heterocycles. The Morgan fingerprint density at radius 3 is 2.72 bits per heavy atom. The van der Waals surface area contributed by atoms with E-state index in [1.165, 1.54) is 16.7 Å². The highest BCUT2D eigenvalue weighted by Crippen LogP contribution is 2.25. The van der Waals surface area contributed by atoms with Gasteiger partial charge in [0.1, 0.15) is 5.82 Å². The number of amides is 1. The number of oxazole rings is 1. The van der Waals surface area contributed by atoms with Crippen LogP contribution in [0.2, 0.25) is 0 Å². The van der Waals surface area contributed by atoms with Gasteiger partial charge in [0.15, 0.2) is 5.58 Å². The summed E-state index contributed by atoms with van der Waals surface area (Å²) >= 11 is 0. The Hall–Kier alpha value is -3.74. The molecule has 1 amide bonds. The lowest BCUT2D eigenvalue weighted by atomic mass is 9.91. The lowest BCUT2D eigenvalue weighted by molar-refractivity contribution is -0.117. The number of carbonyl (C=O) groups is 1. The van der Waals surface area contributed by atoms with E-state index in [0.29, 0.717) is 28.8 Å². The number of halogens is 1. The minimum Gasteiger partial charge on any atom is -0.408 e. The van der Waals surface area contributed by atoms with Gasteiger partial charge in [-0.05, 0) is 53.9 Å². The molecule has 0 radical (unpaired) electrons. The normalized spacial score (nSPS) is 12.1. The first-order valence-electron chi connectivity index (χ1n) is 9.06. The van der Waals surface area contributed by atoms with E-state index in [-0.39, 0.29) is 11.7 Å². The zero-order valence-corrected chi connectivity index (χ0v) is 15.6. The van der Waals surface area contributed by atoms with Crippen LogP contribution in [0.5, 0.6) is 0 Å². The third-order valence-electron chi connectivity index (χ3n) is 4.81. The third kappa shape index (κ3) is 3.94. The van der Waals surface area contributed by atoms with Crippen LogP contribution in [0, 0.1) is 5.82 Å². The number of anilines is 1. The van der Waals surface area contributed by atoms with Gasteiger partial charge < -0.3 is 9.73 Å². The number of rotatable bonds is 5. The number of hydrogen-bond acceptors (Lipinski definition) is 4. The van der Waals surface area contributed by atoms with E-state index in [9.17, 15) is 14.0 Å². The van der Waals surface area contributed by atoms with Crippen LogP contribution in [0.25, 0.3) is 11.1 Å². The highest BCUT2D eigenvalue weighted by Gasteiger charge is 2.22. The molecular formula is C22H18FN3O3. The van der Waals surface area contributed by atoms with Crippen molar-refractivity contribution in [3.05, 3.63) is 94.5 Å². The summed E-state index contributed by atoms with van der Waals surface area (Å²) in [6.45, 7) is 0. The van der Waals surface area contributed by atoms with Crippen LogP contribution in [0.4, 0.5) is 10.1 Å². The largest absolute Gasteiger partial charge is 0.419 e. The highest BCUT2D eigenvalue weighted by atomic mass is 19.1. The fourth-order valence-corrected chi connectivity index (χ4v) is 3.25. The Morgan fingerprint density at radius 2 is 2.00 bits per heavy atom. The summed E-state index contributed by atoms with van der Waals surface area (Å²) in [5.41, 5.74) is 3.16. The molecule has 29 heavy (non-hydrogen) atoms. The Bertz CT molecular complexity index is 1210. The van der Waals surface area contributed by atoms with Crippen LogP contribution >= 0.6 is 0 Å². The molecule has 7 heteroatoms. The van der Waals surface area contributed by atoms with Crippen LogP contribution in [-0.4, -0.2) is 15.5 Å². The van der Waals surface area contributed by atoms with Crippen molar-refractivity contribution in [3.8, 4) is 0 Å². The number of nitrogens with one attached hydrogen (secondary N) is 1. The van der Waals surface area contributed by atoms with Crippen molar-refractivity contribution >= 4 is 22.7 Å². The number of hydrogen-bond donors (Lipinski definition) is 1. The molecule has 1 unspecified atom stereocenters. The smallest absolute Gasteiger partial charge is 0.408 e. The first-order chi connectivity index (χ1) is 14.0. The standard InChI is InChI=1S/C22H18FN3O3/c1-26-19-12-17(8-9-20(19)29-22(26)28)25-21(27)18(11-14-3-2-10-24-13-14)15-4-6-16(23)7-5-15/h2-10,12-13,18H,11H2,1H3,(H,25,27). The lowest BCUT2D eigenvalue weighted by Gasteiger charge is -2.17. The van der Waals surface area contributed by atoms with Gasteiger partial charge in [-0.3, -0.25) is 14.3 Å². The van der Waals surface area contributed by atoms with Gasteiger partial charge in [0.2, 0.25) is 5.91 Å². The van der Waals surface area contributed by atoms with Crippen molar-refractivity contribution in [2.24, 2.45) is 7.05 Å². The maximum absolute atomic E-state index is 13.4. The predicted octanol–water partition coefficient (Wildman–Crippen LogP) is 3.63. The van der Waals surface area contributed by atoms with E-state index in [0.717, 1.165) is 5.56 Å². The van der Waals surface area contributed by atoms with Gasteiger partial charge in [0.05, 0.1) is 11.4 Å². The van der Waals surface area contributed by atoms with Crippen LogP contribution in [0.3, 0.4) is 0 Å². The second-order valence-electron chi connectivity index (χ2n) is 6.77. The van der Waals surface area contributed by atoms with Gasteiger partial charge in [0.25, 0.3) is 0 Å². The maximum Gasteiger partial charge on any atom is 0.419 e. The molecule has 0 aliphatic rings. The number of nitrogens with zero attached hydrogens (tertiary/aromatic N) is 2. The molecule has 0 aliphatic carbocycles. The van der Waals surface area contributed by atoms with Crippen LogP contribution in [0.15, 0.2) is 76.2 Å². The summed E-state index contributed by atoms with van der Waals surface area (Å²) < 4.78 is 19.9. The third-order valence-corrected chi connectivity index (χ3v) is 4.81. The number of carbonyl (C=O) groups excluding carboxylic acids is 1. The van der Waals surface area contributed by atoms with Crippen molar-refractivity contribution in [1.82, 2.24) is 9.55 Å². The van der Waals surface area contributed by atoms with Gasteiger partial charge >= 0.3 is 5.76 Å². The van der Waals surface area contributed by atoms with E-state index < -0.39 is 11.7 Å². The number of fused-ring (bicyclic) bond motifs is 1. The molecule has 4 aromatic rings. The molecule has 0 aliphatic heterocycles. The van der Waals surface area contributed by atoms with Gasteiger partial charge in [-0.2, -0.15) is 0 Å². The molecule has 6 nitrogen and oxygen atoms in total. The van der Waals surface area contributed by atoms with Gasteiger partial charge in [-0.1, -0.05) is 18.2 Å². The van der Waals surface area contributed by atoms with Gasteiger partial charge in [-0.15, -0.1) is 0 Å². The van der Waals surface area contributed by atoms with Crippen molar-refractivity contribution in [1.29, 1.82) is 0 Å². The van der Waals surface area contributed by atoms with E-state index in [2.05, 4.69) is 10.3 Å². The second kappa shape index (κ2) is 7.71. The average Bonchev–Trinajstić information content (AvgIpc) is 3.01. The molecule has 2 aromatic heterocycles. The fraction of sp³-hybridized carbons (Fsp3) is 0.136. The lowest BCUT2D eigenvalue weighted by Crippen LogP contribution is -2.23. The van der Waals surface area contributed by atoms with Crippen molar-refractivity contribution < 1.29 is 13.6 Å². The number of benzene rings is 2. The SMILES string of the molecule is Cn1c(=O)oc2ccc(NC(=O)C(Cc3cccnc3)c3ccc(F)cc3)cc21. The Balaban J connectivity index is 1.64. The van der Waals surface area contributed by atoms with Crippen molar-refractivity contribution in [2.75, 3.05) is 5.32 Å².